The van der Waals surface area contributed by atoms with E-state index in [1.807, 2.05) is 0 Å². The SMILES string of the molecule is CC(C)(C)OC(=O)Nc1ccc(CCN2c3nc(NC[C@H]4OCC5CC54)cc(=O)n3CC2C(F)(F)F)cc1. The Morgan fingerprint density at radius 3 is 2.55 bits per heavy atom. The minimum Gasteiger partial charge on any atom is -0.444 e. The molecule has 38 heavy (non-hydrogen) atoms. The highest BCUT2D eigenvalue weighted by Crippen LogP contribution is 2.48. The average Bonchev–Trinajstić information content (AvgIpc) is 3.32. The number of benzene rings is 1. The number of halogens is 3. The molecule has 3 heterocycles. The number of carbonyl (C=O) groups is 1. The van der Waals surface area contributed by atoms with E-state index in [0.717, 1.165) is 28.1 Å². The molecule has 5 rings (SSSR count). The Kier molecular flexibility index (Phi) is 6.79. The second kappa shape index (κ2) is 9.79. The third-order valence-electron chi connectivity index (χ3n) is 7.06. The van der Waals surface area contributed by atoms with Gasteiger partial charge in [0.25, 0.3) is 5.56 Å². The van der Waals surface area contributed by atoms with Crippen molar-refractivity contribution >= 4 is 23.5 Å². The molecule has 2 aliphatic heterocycles. The van der Waals surface area contributed by atoms with Gasteiger partial charge in [0.05, 0.1) is 19.3 Å². The van der Waals surface area contributed by atoms with Crippen molar-refractivity contribution in [2.24, 2.45) is 11.8 Å². The van der Waals surface area contributed by atoms with Crippen LogP contribution in [0.4, 0.5) is 35.4 Å². The third kappa shape index (κ3) is 5.90. The Morgan fingerprint density at radius 2 is 1.95 bits per heavy atom. The Labute approximate surface area is 218 Å². The lowest BCUT2D eigenvalue weighted by Crippen LogP contribution is -2.45. The first-order chi connectivity index (χ1) is 17.9. The number of hydrogen-bond donors (Lipinski definition) is 2. The summed E-state index contributed by atoms with van der Waals surface area (Å²) in [7, 11) is 0. The molecule has 3 aliphatic rings. The van der Waals surface area contributed by atoms with E-state index in [1.54, 1.807) is 45.0 Å². The van der Waals surface area contributed by atoms with Crippen LogP contribution in [0, 0.1) is 11.8 Å². The molecular formula is C26H32F3N5O4. The number of ether oxygens (including phenoxy) is 2. The summed E-state index contributed by atoms with van der Waals surface area (Å²) >= 11 is 0. The molecule has 2 aromatic rings. The summed E-state index contributed by atoms with van der Waals surface area (Å²) in [4.78, 5) is 30.2. The lowest BCUT2D eigenvalue weighted by atomic mass is 10.1. The van der Waals surface area contributed by atoms with Crippen LogP contribution in [0.25, 0.3) is 0 Å². The van der Waals surface area contributed by atoms with Gasteiger partial charge in [-0.25, -0.2) is 4.79 Å². The van der Waals surface area contributed by atoms with Crippen molar-refractivity contribution in [2.45, 2.75) is 64.1 Å². The Hall–Kier alpha value is -3.28. The van der Waals surface area contributed by atoms with E-state index in [2.05, 4.69) is 15.6 Å². The van der Waals surface area contributed by atoms with Gasteiger partial charge >= 0.3 is 12.3 Å². The molecule has 1 aliphatic carbocycles. The van der Waals surface area contributed by atoms with Crippen LogP contribution in [0.15, 0.2) is 35.1 Å². The molecular weight excluding hydrogens is 503 g/mol. The van der Waals surface area contributed by atoms with E-state index >= 15 is 0 Å². The number of hydrogen-bond acceptors (Lipinski definition) is 7. The van der Waals surface area contributed by atoms with Crippen LogP contribution in [-0.4, -0.2) is 59.3 Å². The highest BCUT2D eigenvalue weighted by atomic mass is 19.4. The standard InChI is InChI=1S/C26H32F3N5O4/c1-25(2,3)38-24(36)31-17-6-4-15(5-7-17)8-9-33-20(26(27,28)29)13-34-22(35)11-21(32-23(33)34)30-12-19-18-10-16(18)14-37-19/h4-7,11,16,18-20,30H,8-10,12-14H2,1-3H3,(H,31,36)/t16?,18?,19-,20?/m1/s1. The van der Waals surface area contributed by atoms with Gasteiger partial charge in [0, 0.05) is 24.8 Å². The fourth-order valence-electron chi connectivity index (χ4n) is 5.05. The van der Waals surface area contributed by atoms with Crippen LogP contribution in [-0.2, 0) is 22.4 Å². The minimum absolute atomic E-state index is 0.00202. The van der Waals surface area contributed by atoms with Crippen LogP contribution >= 0.6 is 0 Å². The van der Waals surface area contributed by atoms with Gasteiger partial charge in [-0.1, -0.05) is 12.1 Å². The molecule has 2 N–H and O–H groups in total. The third-order valence-corrected chi connectivity index (χ3v) is 7.06. The maximum atomic E-state index is 14.0. The van der Waals surface area contributed by atoms with E-state index in [9.17, 15) is 22.8 Å². The molecule has 206 valence electrons. The van der Waals surface area contributed by atoms with E-state index in [4.69, 9.17) is 9.47 Å². The summed E-state index contributed by atoms with van der Waals surface area (Å²) in [6, 6.07) is 6.19. The summed E-state index contributed by atoms with van der Waals surface area (Å²) in [6.07, 6.45) is -3.68. The van der Waals surface area contributed by atoms with E-state index in [1.165, 1.54) is 6.07 Å². The van der Waals surface area contributed by atoms with Crippen LogP contribution < -0.4 is 21.1 Å². The van der Waals surface area contributed by atoms with Crippen LogP contribution in [0.2, 0.25) is 0 Å². The maximum absolute atomic E-state index is 14.0. The molecule has 12 heteroatoms. The van der Waals surface area contributed by atoms with Crippen molar-refractivity contribution in [3.8, 4) is 0 Å². The zero-order chi connectivity index (χ0) is 27.2. The van der Waals surface area contributed by atoms with Gasteiger partial charge in [-0.2, -0.15) is 18.2 Å². The van der Waals surface area contributed by atoms with Crippen LogP contribution in [0.5, 0.6) is 0 Å². The van der Waals surface area contributed by atoms with Crippen molar-refractivity contribution in [3.63, 3.8) is 0 Å². The zero-order valence-corrected chi connectivity index (χ0v) is 21.5. The lowest BCUT2D eigenvalue weighted by molar-refractivity contribution is -0.148. The van der Waals surface area contributed by atoms with Gasteiger partial charge in [-0.3, -0.25) is 14.7 Å². The topological polar surface area (TPSA) is 97.7 Å². The number of carbonyl (C=O) groups excluding carboxylic acids is 1. The first-order valence-corrected chi connectivity index (χ1v) is 12.8. The number of anilines is 3. The molecule has 3 unspecified atom stereocenters. The van der Waals surface area contributed by atoms with Crippen molar-refractivity contribution in [1.29, 1.82) is 0 Å². The quantitative estimate of drug-likeness (QED) is 0.553. The number of rotatable bonds is 7. The number of fused-ring (bicyclic) bond motifs is 2. The molecule has 2 fully saturated rings. The Balaban J connectivity index is 1.27. The molecule has 1 saturated heterocycles. The van der Waals surface area contributed by atoms with Gasteiger partial charge in [-0.15, -0.1) is 0 Å². The highest BCUT2D eigenvalue weighted by Gasteiger charge is 2.50. The molecule has 0 bridgehead atoms. The van der Waals surface area contributed by atoms with Crippen LogP contribution in [0.3, 0.4) is 0 Å². The molecule has 4 atom stereocenters. The first kappa shape index (κ1) is 26.3. The predicted molar refractivity (Wildman–Crippen MR) is 136 cm³/mol. The molecule has 1 saturated carbocycles. The molecule has 0 radical (unpaired) electrons. The molecule has 0 spiro atoms. The summed E-state index contributed by atoms with van der Waals surface area (Å²) in [6.45, 7) is 5.98. The Morgan fingerprint density at radius 1 is 1.21 bits per heavy atom. The van der Waals surface area contributed by atoms with E-state index < -0.39 is 36.0 Å². The van der Waals surface area contributed by atoms with Crippen LogP contribution in [0.1, 0.15) is 32.8 Å². The summed E-state index contributed by atoms with van der Waals surface area (Å²) in [5.74, 6) is 1.36. The maximum Gasteiger partial charge on any atom is 0.412 e. The summed E-state index contributed by atoms with van der Waals surface area (Å²) in [5, 5.41) is 5.72. The van der Waals surface area contributed by atoms with Crippen molar-refractivity contribution in [1.82, 2.24) is 9.55 Å². The van der Waals surface area contributed by atoms with Crippen molar-refractivity contribution < 1.29 is 27.4 Å². The van der Waals surface area contributed by atoms with E-state index in [-0.39, 0.29) is 30.8 Å². The van der Waals surface area contributed by atoms with Crippen molar-refractivity contribution in [2.75, 3.05) is 35.2 Å². The fraction of sp³-hybridized carbons (Fsp3) is 0.577. The molecule has 1 amide bonds. The Bertz CT molecular complexity index is 1240. The minimum atomic E-state index is -4.53. The summed E-state index contributed by atoms with van der Waals surface area (Å²) in [5.41, 5.74) is 0.119. The zero-order valence-electron chi connectivity index (χ0n) is 21.5. The van der Waals surface area contributed by atoms with Gasteiger partial charge in [0.15, 0.2) is 0 Å². The number of nitrogens with one attached hydrogen (secondary N) is 2. The molecule has 1 aromatic carbocycles. The monoisotopic (exact) mass is 535 g/mol. The number of alkyl halides is 3. The van der Waals surface area contributed by atoms with Gasteiger partial charge in [-0.05, 0) is 63.1 Å². The lowest BCUT2D eigenvalue weighted by Gasteiger charge is -2.27. The van der Waals surface area contributed by atoms with Gasteiger partial charge in [0.2, 0.25) is 5.95 Å². The number of amides is 1. The van der Waals surface area contributed by atoms with Gasteiger partial charge < -0.3 is 19.7 Å². The number of aromatic nitrogens is 2. The fourth-order valence-corrected chi connectivity index (χ4v) is 5.05. The highest BCUT2D eigenvalue weighted by molar-refractivity contribution is 5.84. The van der Waals surface area contributed by atoms with Crippen molar-refractivity contribution in [3.05, 3.63) is 46.2 Å². The molecule has 1 aromatic heterocycles. The largest absolute Gasteiger partial charge is 0.444 e. The number of nitrogens with zero attached hydrogens (tertiary/aromatic N) is 3. The second-order valence-corrected chi connectivity index (χ2v) is 11.1. The predicted octanol–water partition coefficient (Wildman–Crippen LogP) is 4.03. The van der Waals surface area contributed by atoms with E-state index in [0.29, 0.717) is 24.1 Å². The average molecular weight is 536 g/mol. The normalized spacial score (nSPS) is 24.1. The second-order valence-electron chi connectivity index (χ2n) is 11.1. The summed E-state index contributed by atoms with van der Waals surface area (Å²) < 4.78 is 53.9. The van der Waals surface area contributed by atoms with Gasteiger partial charge in [0.1, 0.15) is 17.5 Å². The smallest absolute Gasteiger partial charge is 0.412 e. The first-order valence-electron chi connectivity index (χ1n) is 12.8. The molecule has 9 nitrogen and oxygen atoms in total.